The van der Waals surface area contributed by atoms with Crippen molar-refractivity contribution in [1.29, 1.82) is 0 Å². The molecular formula is C11H26N2S. The number of nitrogens with zero attached hydrogens (tertiary/aromatic N) is 1. The summed E-state index contributed by atoms with van der Waals surface area (Å²) < 4.78 is 0. The van der Waals surface area contributed by atoms with Crippen LogP contribution in [0.2, 0.25) is 0 Å². The molecule has 0 amide bonds. The molecule has 0 bridgehead atoms. The molecule has 2 N–H and O–H groups in total. The second-order valence-corrected chi connectivity index (χ2v) is 5.46. The van der Waals surface area contributed by atoms with Gasteiger partial charge in [0.15, 0.2) is 0 Å². The molecule has 0 aromatic heterocycles. The van der Waals surface area contributed by atoms with Gasteiger partial charge in [0.2, 0.25) is 0 Å². The van der Waals surface area contributed by atoms with Gasteiger partial charge in [-0.15, -0.1) is 0 Å². The highest BCUT2D eigenvalue weighted by molar-refractivity contribution is 7.98. The molecule has 0 fully saturated rings. The van der Waals surface area contributed by atoms with E-state index in [0.29, 0.717) is 18.0 Å². The molecule has 14 heavy (non-hydrogen) atoms. The van der Waals surface area contributed by atoms with Crippen molar-refractivity contribution in [1.82, 2.24) is 4.90 Å². The van der Waals surface area contributed by atoms with Crippen LogP contribution in [0.5, 0.6) is 0 Å². The van der Waals surface area contributed by atoms with E-state index in [-0.39, 0.29) is 0 Å². The molecule has 0 rings (SSSR count). The molecule has 0 saturated carbocycles. The van der Waals surface area contributed by atoms with Crippen LogP contribution in [0.1, 0.15) is 27.2 Å². The Morgan fingerprint density at radius 1 is 1.29 bits per heavy atom. The van der Waals surface area contributed by atoms with Gasteiger partial charge in [-0.25, -0.2) is 0 Å². The van der Waals surface area contributed by atoms with Crippen LogP contribution in [-0.2, 0) is 0 Å². The van der Waals surface area contributed by atoms with Crippen molar-refractivity contribution in [2.45, 2.75) is 39.3 Å². The van der Waals surface area contributed by atoms with E-state index >= 15 is 0 Å². The zero-order valence-corrected chi connectivity index (χ0v) is 11.1. The standard InChI is InChI=1S/C11H26N2S/c1-9(2)11(12)8-13(4)10(3)6-7-14-5/h9-11H,6-8,12H2,1-5H3. The fourth-order valence-electron chi connectivity index (χ4n) is 1.23. The smallest absolute Gasteiger partial charge is 0.0191 e. The Hall–Kier alpha value is 0.270. The van der Waals surface area contributed by atoms with Gasteiger partial charge in [0.05, 0.1) is 0 Å². The first-order valence-electron chi connectivity index (χ1n) is 5.43. The van der Waals surface area contributed by atoms with Crippen molar-refractivity contribution in [3.8, 4) is 0 Å². The van der Waals surface area contributed by atoms with Gasteiger partial charge in [0, 0.05) is 18.6 Å². The summed E-state index contributed by atoms with van der Waals surface area (Å²) >= 11 is 1.91. The minimum Gasteiger partial charge on any atom is -0.326 e. The molecule has 0 saturated heterocycles. The maximum Gasteiger partial charge on any atom is 0.0191 e. The molecule has 0 radical (unpaired) electrons. The van der Waals surface area contributed by atoms with Crippen LogP contribution in [-0.4, -0.2) is 42.6 Å². The molecule has 0 aliphatic rings. The van der Waals surface area contributed by atoms with Crippen molar-refractivity contribution in [2.75, 3.05) is 25.6 Å². The number of rotatable bonds is 7. The molecule has 2 unspecified atom stereocenters. The van der Waals surface area contributed by atoms with Gasteiger partial charge in [-0.1, -0.05) is 13.8 Å². The summed E-state index contributed by atoms with van der Waals surface area (Å²) in [6.45, 7) is 7.66. The maximum atomic E-state index is 6.04. The summed E-state index contributed by atoms with van der Waals surface area (Å²) in [5.41, 5.74) is 6.04. The van der Waals surface area contributed by atoms with Gasteiger partial charge < -0.3 is 10.6 Å². The summed E-state index contributed by atoms with van der Waals surface area (Å²) in [5.74, 6) is 1.81. The highest BCUT2D eigenvalue weighted by atomic mass is 32.2. The zero-order chi connectivity index (χ0) is 11.1. The number of thioether (sulfide) groups is 1. The van der Waals surface area contributed by atoms with Crippen molar-refractivity contribution in [2.24, 2.45) is 11.7 Å². The van der Waals surface area contributed by atoms with Gasteiger partial charge in [-0.3, -0.25) is 0 Å². The van der Waals surface area contributed by atoms with Crippen LogP contribution in [0, 0.1) is 5.92 Å². The summed E-state index contributed by atoms with van der Waals surface area (Å²) in [5, 5.41) is 0. The third-order valence-electron chi connectivity index (χ3n) is 2.85. The Morgan fingerprint density at radius 2 is 1.86 bits per heavy atom. The number of likely N-dealkylation sites (N-methyl/N-ethyl adjacent to an activating group) is 1. The van der Waals surface area contributed by atoms with Crippen LogP contribution >= 0.6 is 11.8 Å². The average molecular weight is 218 g/mol. The molecule has 0 aliphatic heterocycles. The molecule has 0 aliphatic carbocycles. The predicted octanol–water partition coefficient (Wildman–Crippen LogP) is 2.04. The van der Waals surface area contributed by atoms with Crippen LogP contribution in [0.4, 0.5) is 0 Å². The highest BCUT2D eigenvalue weighted by Crippen LogP contribution is 2.08. The lowest BCUT2D eigenvalue weighted by Gasteiger charge is -2.28. The zero-order valence-electron chi connectivity index (χ0n) is 10.3. The van der Waals surface area contributed by atoms with E-state index in [1.807, 2.05) is 11.8 Å². The molecule has 0 aromatic rings. The third kappa shape index (κ3) is 5.89. The number of nitrogens with two attached hydrogens (primary N) is 1. The SMILES string of the molecule is CSCCC(C)N(C)CC(N)C(C)C. The molecule has 0 spiro atoms. The van der Waals surface area contributed by atoms with Gasteiger partial charge in [-0.2, -0.15) is 11.8 Å². The van der Waals surface area contributed by atoms with E-state index in [0.717, 1.165) is 6.54 Å². The fourth-order valence-corrected chi connectivity index (χ4v) is 1.81. The third-order valence-corrected chi connectivity index (χ3v) is 3.49. The molecule has 3 heteroatoms. The van der Waals surface area contributed by atoms with E-state index in [1.165, 1.54) is 12.2 Å². The van der Waals surface area contributed by atoms with Crippen LogP contribution < -0.4 is 5.73 Å². The average Bonchev–Trinajstić information content (AvgIpc) is 2.13. The first-order valence-corrected chi connectivity index (χ1v) is 6.83. The molecule has 0 aromatic carbocycles. The lowest BCUT2D eigenvalue weighted by molar-refractivity contribution is 0.222. The maximum absolute atomic E-state index is 6.04. The Balaban J connectivity index is 3.76. The van der Waals surface area contributed by atoms with Crippen molar-refractivity contribution >= 4 is 11.8 Å². The molecule has 0 heterocycles. The summed E-state index contributed by atoms with van der Waals surface area (Å²) in [4.78, 5) is 2.38. The Bertz CT molecular complexity index is 139. The summed E-state index contributed by atoms with van der Waals surface area (Å²) in [7, 11) is 2.17. The minimum atomic E-state index is 0.303. The lowest BCUT2D eigenvalue weighted by atomic mass is 10.0. The van der Waals surface area contributed by atoms with Crippen LogP contribution in [0.3, 0.4) is 0 Å². The largest absolute Gasteiger partial charge is 0.326 e. The van der Waals surface area contributed by atoms with Gasteiger partial charge >= 0.3 is 0 Å². The van der Waals surface area contributed by atoms with E-state index in [9.17, 15) is 0 Å². The molecule has 86 valence electrons. The second-order valence-electron chi connectivity index (χ2n) is 4.48. The van der Waals surface area contributed by atoms with E-state index < -0.39 is 0 Å². The van der Waals surface area contributed by atoms with Crippen LogP contribution in [0.15, 0.2) is 0 Å². The second kappa shape index (κ2) is 7.55. The van der Waals surface area contributed by atoms with Gasteiger partial charge in [-0.05, 0) is 38.3 Å². The van der Waals surface area contributed by atoms with Crippen molar-refractivity contribution in [3.05, 3.63) is 0 Å². The lowest BCUT2D eigenvalue weighted by Crippen LogP contribution is -2.42. The quantitative estimate of drug-likeness (QED) is 0.709. The monoisotopic (exact) mass is 218 g/mol. The predicted molar refractivity (Wildman–Crippen MR) is 67.9 cm³/mol. The number of hydrogen-bond donors (Lipinski definition) is 1. The molecular weight excluding hydrogens is 192 g/mol. The first kappa shape index (κ1) is 14.3. The highest BCUT2D eigenvalue weighted by Gasteiger charge is 2.14. The van der Waals surface area contributed by atoms with E-state index in [2.05, 4.69) is 39.0 Å². The van der Waals surface area contributed by atoms with Gasteiger partial charge in [0.25, 0.3) is 0 Å². The Labute approximate surface area is 93.6 Å². The Morgan fingerprint density at radius 3 is 2.29 bits per heavy atom. The number of hydrogen-bond acceptors (Lipinski definition) is 3. The van der Waals surface area contributed by atoms with E-state index in [1.54, 1.807) is 0 Å². The summed E-state index contributed by atoms with van der Waals surface area (Å²) in [6, 6.07) is 0.948. The topological polar surface area (TPSA) is 29.3 Å². The fraction of sp³-hybridized carbons (Fsp3) is 1.00. The van der Waals surface area contributed by atoms with Crippen molar-refractivity contribution < 1.29 is 0 Å². The summed E-state index contributed by atoms with van der Waals surface area (Å²) in [6.07, 6.45) is 3.41. The normalized spacial score (nSPS) is 16.3. The van der Waals surface area contributed by atoms with Crippen molar-refractivity contribution in [3.63, 3.8) is 0 Å². The van der Waals surface area contributed by atoms with Crippen LogP contribution in [0.25, 0.3) is 0 Å². The molecule has 2 nitrogen and oxygen atoms in total. The molecule has 2 atom stereocenters. The first-order chi connectivity index (χ1) is 6.49. The van der Waals surface area contributed by atoms with Gasteiger partial charge in [0.1, 0.15) is 0 Å². The van der Waals surface area contributed by atoms with E-state index in [4.69, 9.17) is 5.73 Å². The Kier molecular flexibility index (Phi) is 7.69. The minimum absolute atomic E-state index is 0.303.